The third-order valence-corrected chi connectivity index (χ3v) is 6.16. The summed E-state index contributed by atoms with van der Waals surface area (Å²) in [6.45, 7) is 0. The van der Waals surface area contributed by atoms with Crippen LogP contribution >= 0.6 is 11.6 Å². The number of carbonyl (C=O) groups excluding carboxylic acids is 3. The predicted molar refractivity (Wildman–Crippen MR) is 116 cm³/mol. The van der Waals surface area contributed by atoms with Crippen molar-refractivity contribution in [3.05, 3.63) is 59.1 Å². The Morgan fingerprint density at radius 3 is 2.07 bits per heavy atom. The minimum atomic E-state index is -1.25. The standard InChI is InChI=1S/C23H24ClN3O3/c24-16-11-5-4-10-15(16)19(21(28)25-14-8-2-1-3-9-14)20-22(29)26-17-12-6-7-13-18(17)27-23(20)30/h4-7,10-14,19-20H,1-3,8-9H2,(H,25,28)(H,26,29)(H,27,30). The molecule has 0 spiro atoms. The number of carbonyl (C=O) groups is 3. The van der Waals surface area contributed by atoms with Gasteiger partial charge in [-0.1, -0.05) is 61.2 Å². The van der Waals surface area contributed by atoms with Crippen LogP contribution in [0.4, 0.5) is 11.4 Å². The number of halogens is 1. The highest BCUT2D eigenvalue weighted by atomic mass is 35.5. The second-order valence-corrected chi connectivity index (χ2v) is 8.25. The Labute approximate surface area is 180 Å². The maximum absolute atomic E-state index is 13.4. The molecule has 3 amide bonds. The Bertz CT molecular complexity index is 935. The third kappa shape index (κ3) is 4.19. The summed E-state index contributed by atoms with van der Waals surface area (Å²) >= 11 is 6.41. The fraction of sp³-hybridized carbons (Fsp3) is 0.348. The van der Waals surface area contributed by atoms with Crippen LogP contribution in [-0.4, -0.2) is 23.8 Å². The Morgan fingerprint density at radius 1 is 0.900 bits per heavy atom. The molecule has 6 nitrogen and oxygen atoms in total. The molecular weight excluding hydrogens is 402 g/mol. The van der Waals surface area contributed by atoms with Crippen LogP contribution in [0.3, 0.4) is 0 Å². The van der Waals surface area contributed by atoms with Crippen molar-refractivity contribution in [2.24, 2.45) is 5.92 Å². The van der Waals surface area contributed by atoms with Crippen LogP contribution in [-0.2, 0) is 14.4 Å². The lowest BCUT2D eigenvalue weighted by Gasteiger charge is -2.28. The van der Waals surface area contributed by atoms with Crippen LogP contribution in [0.25, 0.3) is 0 Å². The molecule has 1 atom stereocenters. The normalized spacial score (nSPS) is 18.6. The van der Waals surface area contributed by atoms with E-state index in [9.17, 15) is 14.4 Å². The second kappa shape index (κ2) is 8.88. The van der Waals surface area contributed by atoms with Crippen molar-refractivity contribution in [1.82, 2.24) is 5.32 Å². The summed E-state index contributed by atoms with van der Waals surface area (Å²) in [6.07, 6.45) is 5.07. The Balaban J connectivity index is 1.70. The lowest BCUT2D eigenvalue weighted by molar-refractivity contribution is -0.136. The number of nitrogens with one attached hydrogen (secondary N) is 3. The van der Waals surface area contributed by atoms with E-state index in [1.807, 2.05) is 0 Å². The lowest BCUT2D eigenvalue weighted by atomic mass is 9.83. The first-order chi connectivity index (χ1) is 14.5. The Hall–Kier alpha value is -2.86. The molecule has 2 aliphatic rings. The van der Waals surface area contributed by atoms with Gasteiger partial charge in [0, 0.05) is 11.1 Å². The first-order valence-corrected chi connectivity index (χ1v) is 10.7. The van der Waals surface area contributed by atoms with Gasteiger partial charge in [-0.2, -0.15) is 0 Å². The number of para-hydroxylation sites is 2. The molecule has 30 heavy (non-hydrogen) atoms. The van der Waals surface area contributed by atoms with Gasteiger partial charge in [-0.05, 0) is 36.6 Å². The van der Waals surface area contributed by atoms with Gasteiger partial charge in [0.05, 0.1) is 17.3 Å². The first kappa shape index (κ1) is 20.4. The molecule has 2 aromatic carbocycles. The molecule has 1 aliphatic heterocycles. The van der Waals surface area contributed by atoms with Gasteiger partial charge >= 0.3 is 0 Å². The van der Waals surface area contributed by atoms with Crippen molar-refractivity contribution in [1.29, 1.82) is 0 Å². The molecule has 1 heterocycles. The summed E-state index contributed by atoms with van der Waals surface area (Å²) in [6, 6.07) is 13.9. The van der Waals surface area contributed by atoms with Crippen molar-refractivity contribution in [3.8, 4) is 0 Å². The minimum Gasteiger partial charge on any atom is -0.353 e. The van der Waals surface area contributed by atoms with E-state index in [2.05, 4.69) is 16.0 Å². The number of hydrogen-bond donors (Lipinski definition) is 3. The first-order valence-electron chi connectivity index (χ1n) is 10.3. The molecular formula is C23H24ClN3O3. The molecule has 3 N–H and O–H groups in total. The Morgan fingerprint density at radius 2 is 1.47 bits per heavy atom. The van der Waals surface area contributed by atoms with Crippen LogP contribution in [0.5, 0.6) is 0 Å². The minimum absolute atomic E-state index is 0.0466. The predicted octanol–water partition coefficient (Wildman–Crippen LogP) is 4.08. The van der Waals surface area contributed by atoms with E-state index in [1.54, 1.807) is 48.5 Å². The SMILES string of the molecule is O=C1Nc2ccccc2NC(=O)C1C(C(=O)NC1CCCCC1)c1ccccc1Cl. The molecule has 1 unspecified atom stereocenters. The topological polar surface area (TPSA) is 87.3 Å². The quantitative estimate of drug-likeness (QED) is 0.645. The van der Waals surface area contributed by atoms with E-state index < -0.39 is 23.7 Å². The molecule has 0 saturated heterocycles. The summed E-state index contributed by atoms with van der Waals surface area (Å²) in [5, 5.41) is 8.99. The monoisotopic (exact) mass is 425 g/mol. The maximum Gasteiger partial charge on any atom is 0.238 e. The summed E-state index contributed by atoms with van der Waals surface area (Å²) < 4.78 is 0. The van der Waals surface area contributed by atoms with Gasteiger partial charge in [-0.25, -0.2) is 0 Å². The van der Waals surface area contributed by atoms with Gasteiger partial charge in [0.25, 0.3) is 0 Å². The average molecular weight is 426 g/mol. The van der Waals surface area contributed by atoms with Crippen LogP contribution in [0.1, 0.15) is 43.6 Å². The second-order valence-electron chi connectivity index (χ2n) is 7.84. The van der Waals surface area contributed by atoms with Crippen molar-refractivity contribution >= 4 is 40.7 Å². The van der Waals surface area contributed by atoms with Gasteiger partial charge < -0.3 is 16.0 Å². The number of fused-ring (bicyclic) bond motifs is 1. The average Bonchev–Trinajstić information content (AvgIpc) is 2.86. The zero-order valence-corrected chi connectivity index (χ0v) is 17.2. The third-order valence-electron chi connectivity index (χ3n) is 5.82. The van der Waals surface area contributed by atoms with Gasteiger partial charge in [0.1, 0.15) is 5.92 Å². The van der Waals surface area contributed by atoms with Crippen LogP contribution in [0, 0.1) is 5.92 Å². The molecule has 0 radical (unpaired) electrons. The lowest BCUT2D eigenvalue weighted by Crippen LogP contribution is -2.46. The van der Waals surface area contributed by atoms with Crippen molar-refractivity contribution in [2.75, 3.05) is 10.6 Å². The highest BCUT2D eigenvalue weighted by Crippen LogP contribution is 2.36. The fourth-order valence-electron chi connectivity index (χ4n) is 4.28. The molecule has 1 aliphatic carbocycles. The zero-order chi connectivity index (χ0) is 21.1. The highest BCUT2D eigenvalue weighted by Gasteiger charge is 2.43. The fourth-order valence-corrected chi connectivity index (χ4v) is 4.53. The van der Waals surface area contributed by atoms with E-state index in [0.29, 0.717) is 22.0 Å². The molecule has 156 valence electrons. The smallest absolute Gasteiger partial charge is 0.238 e. The number of rotatable bonds is 4. The van der Waals surface area contributed by atoms with Crippen molar-refractivity contribution < 1.29 is 14.4 Å². The maximum atomic E-state index is 13.4. The molecule has 2 aromatic rings. The van der Waals surface area contributed by atoms with Crippen LogP contribution < -0.4 is 16.0 Å². The van der Waals surface area contributed by atoms with Crippen LogP contribution in [0.15, 0.2) is 48.5 Å². The van der Waals surface area contributed by atoms with E-state index >= 15 is 0 Å². The van der Waals surface area contributed by atoms with Crippen molar-refractivity contribution in [3.63, 3.8) is 0 Å². The summed E-state index contributed by atoms with van der Waals surface area (Å²) in [5.74, 6) is -3.69. The molecule has 0 bridgehead atoms. The highest BCUT2D eigenvalue weighted by molar-refractivity contribution is 6.32. The number of benzene rings is 2. The number of amides is 3. The van der Waals surface area contributed by atoms with E-state index in [1.165, 1.54) is 0 Å². The van der Waals surface area contributed by atoms with Crippen molar-refractivity contribution in [2.45, 2.75) is 44.1 Å². The summed E-state index contributed by atoms with van der Waals surface area (Å²) in [5.41, 5.74) is 1.47. The molecule has 4 rings (SSSR count). The number of hydrogen-bond acceptors (Lipinski definition) is 3. The van der Waals surface area contributed by atoms with Gasteiger partial charge in [-0.15, -0.1) is 0 Å². The van der Waals surface area contributed by atoms with E-state index in [-0.39, 0.29) is 11.9 Å². The molecule has 1 fully saturated rings. The van der Waals surface area contributed by atoms with Crippen LogP contribution in [0.2, 0.25) is 5.02 Å². The summed E-state index contributed by atoms with van der Waals surface area (Å²) in [7, 11) is 0. The summed E-state index contributed by atoms with van der Waals surface area (Å²) in [4.78, 5) is 39.6. The Kier molecular flexibility index (Phi) is 6.04. The number of anilines is 2. The van der Waals surface area contributed by atoms with Gasteiger partial charge in [0.2, 0.25) is 17.7 Å². The molecule has 1 saturated carbocycles. The molecule has 0 aromatic heterocycles. The van der Waals surface area contributed by atoms with Gasteiger partial charge in [0.15, 0.2) is 0 Å². The van der Waals surface area contributed by atoms with E-state index in [0.717, 1.165) is 32.1 Å². The largest absolute Gasteiger partial charge is 0.353 e. The zero-order valence-electron chi connectivity index (χ0n) is 16.5. The van der Waals surface area contributed by atoms with E-state index in [4.69, 9.17) is 11.6 Å². The molecule has 7 heteroatoms. The van der Waals surface area contributed by atoms with Gasteiger partial charge in [-0.3, -0.25) is 14.4 Å².